The summed E-state index contributed by atoms with van der Waals surface area (Å²) in [5, 5.41) is -0.304. The summed E-state index contributed by atoms with van der Waals surface area (Å²) in [6, 6.07) is 12.9. The van der Waals surface area contributed by atoms with Crippen LogP contribution in [-0.2, 0) is 0 Å². The number of hydrogen-bond donors (Lipinski definition) is 0. The highest BCUT2D eigenvalue weighted by atomic mass is 35.5. The summed E-state index contributed by atoms with van der Waals surface area (Å²) in [7, 11) is 0. The second-order valence-electron chi connectivity index (χ2n) is 4.82. The quantitative estimate of drug-likeness (QED) is 0.621. The second-order valence-corrected chi connectivity index (χ2v) is 5.47. The summed E-state index contributed by atoms with van der Waals surface area (Å²) in [5.41, 5.74) is 3.16. The van der Waals surface area contributed by atoms with Gasteiger partial charge in [-0.25, -0.2) is 9.37 Å². The van der Waals surface area contributed by atoms with Crippen molar-refractivity contribution in [3.63, 3.8) is 0 Å². The Morgan fingerprint density at radius 1 is 1.15 bits per heavy atom. The summed E-state index contributed by atoms with van der Waals surface area (Å²) < 4.78 is 15.9. The molecule has 1 atom stereocenters. The predicted octanol–water partition coefficient (Wildman–Crippen LogP) is 4.77. The molecule has 0 spiro atoms. The zero-order valence-corrected chi connectivity index (χ0v) is 12.0. The van der Waals surface area contributed by atoms with Crippen molar-refractivity contribution >= 4 is 22.6 Å². The highest BCUT2D eigenvalue weighted by Gasteiger charge is 2.19. The van der Waals surface area contributed by atoms with Crippen LogP contribution in [0.4, 0.5) is 4.39 Å². The van der Waals surface area contributed by atoms with Crippen molar-refractivity contribution in [2.24, 2.45) is 0 Å². The minimum absolute atomic E-state index is 0.304. The van der Waals surface area contributed by atoms with Gasteiger partial charge in [-0.2, -0.15) is 0 Å². The molecule has 102 valence electrons. The summed E-state index contributed by atoms with van der Waals surface area (Å²) in [5.74, 6) is 0.328. The van der Waals surface area contributed by atoms with Gasteiger partial charge in [-0.1, -0.05) is 24.3 Å². The molecule has 0 fully saturated rings. The summed E-state index contributed by atoms with van der Waals surface area (Å²) >= 11 is 6.23. The van der Waals surface area contributed by atoms with E-state index in [2.05, 4.69) is 4.98 Å². The molecule has 2 nitrogen and oxygen atoms in total. The highest BCUT2D eigenvalue weighted by molar-refractivity contribution is 6.20. The van der Waals surface area contributed by atoms with Gasteiger partial charge < -0.3 is 0 Å². The van der Waals surface area contributed by atoms with Crippen LogP contribution in [0.2, 0.25) is 0 Å². The monoisotopic (exact) mass is 288 g/mol. The SMILES string of the molecule is Cc1ccccc1-n1c(C(C)Cl)nc2c(F)cccc21. The molecule has 0 bridgehead atoms. The average molecular weight is 289 g/mol. The third kappa shape index (κ3) is 1.98. The highest BCUT2D eigenvalue weighted by Crippen LogP contribution is 2.30. The van der Waals surface area contributed by atoms with Gasteiger partial charge in [-0.05, 0) is 37.6 Å². The fourth-order valence-corrected chi connectivity index (χ4v) is 2.56. The molecule has 0 aliphatic heterocycles. The van der Waals surface area contributed by atoms with Crippen molar-refractivity contribution < 1.29 is 4.39 Å². The zero-order valence-electron chi connectivity index (χ0n) is 11.3. The van der Waals surface area contributed by atoms with Crippen LogP contribution >= 0.6 is 11.6 Å². The van der Waals surface area contributed by atoms with Crippen molar-refractivity contribution in [1.29, 1.82) is 0 Å². The van der Waals surface area contributed by atoms with Crippen molar-refractivity contribution in [3.05, 3.63) is 59.7 Å². The fraction of sp³-hybridized carbons (Fsp3) is 0.188. The Kier molecular flexibility index (Phi) is 3.22. The molecule has 4 heteroatoms. The molecule has 3 rings (SSSR count). The number of hydrogen-bond acceptors (Lipinski definition) is 1. The van der Waals surface area contributed by atoms with Crippen molar-refractivity contribution in [3.8, 4) is 5.69 Å². The number of rotatable bonds is 2. The maximum absolute atomic E-state index is 13.9. The van der Waals surface area contributed by atoms with E-state index in [1.54, 1.807) is 6.07 Å². The number of halogens is 2. The van der Waals surface area contributed by atoms with E-state index in [4.69, 9.17) is 11.6 Å². The predicted molar refractivity (Wildman–Crippen MR) is 80.0 cm³/mol. The Hall–Kier alpha value is -1.87. The molecule has 0 radical (unpaired) electrons. The van der Waals surface area contributed by atoms with Crippen molar-refractivity contribution in [2.75, 3.05) is 0 Å². The van der Waals surface area contributed by atoms with Gasteiger partial charge in [-0.3, -0.25) is 4.57 Å². The number of nitrogens with zero attached hydrogens (tertiary/aromatic N) is 2. The molecule has 1 heterocycles. The Balaban J connectivity index is 2.42. The van der Waals surface area contributed by atoms with Gasteiger partial charge >= 0.3 is 0 Å². The Labute approximate surface area is 121 Å². The lowest BCUT2D eigenvalue weighted by atomic mass is 10.2. The van der Waals surface area contributed by atoms with E-state index in [0.717, 1.165) is 16.8 Å². The first kappa shape index (κ1) is 13.1. The molecule has 1 unspecified atom stereocenters. The fourth-order valence-electron chi connectivity index (χ4n) is 2.42. The van der Waals surface area contributed by atoms with Gasteiger partial charge in [0.15, 0.2) is 5.82 Å². The van der Waals surface area contributed by atoms with Crippen LogP contribution in [0.1, 0.15) is 23.7 Å². The number of para-hydroxylation sites is 2. The zero-order chi connectivity index (χ0) is 14.3. The second kappa shape index (κ2) is 4.91. The first-order chi connectivity index (χ1) is 9.59. The summed E-state index contributed by atoms with van der Waals surface area (Å²) in [6.45, 7) is 3.86. The van der Waals surface area contributed by atoms with Crippen molar-refractivity contribution in [2.45, 2.75) is 19.2 Å². The number of fused-ring (bicyclic) bond motifs is 1. The van der Waals surface area contributed by atoms with Gasteiger partial charge in [0, 0.05) is 0 Å². The van der Waals surface area contributed by atoms with Crippen LogP contribution in [0.25, 0.3) is 16.7 Å². The lowest BCUT2D eigenvalue weighted by molar-refractivity contribution is 0.637. The summed E-state index contributed by atoms with van der Waals surface area (Å²) in [6.07, 6.45) is 0. The molecule has 0 saturated heterocycles. The van der Waals surface area contributed by atoms with Gasteiger partial charge in [0.25, 0.3) is 0 Å². The Morgan fingerprint density at radius 3 is 2.60 bits per heavy atom. The topological polar surface area (TPSA) is 17.8 Å². The molecular weight excluding hydrogens is 275 g/mol. The van der Waals surface area contributed by atoms with Gasteiger partial charge in [0.2, 0.25) is 0 Å². The van der Waals surface area contributed by atoms with E-state index in [1.165, 1.54) is 6.07 Å². The molecule has 20 heavy (non-hydrogen) atoms. The molecule has 1 aromatic heterocycles. The maximum atomic E-state index is 13.9. The van der Waals surface area contributed by atoms with Crippen LogP contribution in [-0.4, -0.2) is 9.55 Å². The number of aromatic nitrogens is 2. The lowest BCUT2D eigenvalue weighted by Crippen LogP contribution is -2.03. The van der Waals surface area contributed by atoms with Crippen LogP contribution in [0, 0.1) is 12.7 Å². The molecule has 3 aromatic rings. The first-order valence-corrected chi connectivity index (χ1v) is 6.90. The molecule has 0 N–H and O–H groups in total. The van der Waals surface area contributed by atoms with Gasteiger partial charge in [0.1, 0.15) is 11.3 Å². The van der Waals surface area contributed by atoms with Gasteiger partial charge in [-0.15, -0.1) is 11.6 Å². The Morgan fingerprint density at radius 2 is 1.90 bits per heavy atom. The molecular formula is C16H14ClFN2. The lowest BCUT2D eigenvalue weighted by Gasteiger charge is -2.13. The number of benzene rings is 2. The van der Waals surface area contributed by atoms with E-state index < -0.39 is 0 Å². The molecule has 0 aliphatic carbocycles. The molecule has 0 amide bonds. The third-order valence-electron chi connectivity index (χ3n) is 3.37. The van der Waals surface area contributed by atoms with E-state index in [-0.39, 0.29) is 11.2 Å². The standard InChI is InChI=1S/C16H14ClFN2/c1-10-6-3-4-8-13(10)20-14-9-5-7-12(18)15(14)19-16(20)11(2)17/h3-9,11H,1-2H3. The van der Waals surface area contributed by atoms with E-state index >= 15 is 0 Å². The van der Waals surface area contributed by atoms with Crippen LogP contribution in [0.3, 0.4) is 0 Å². The third-order valence-corrected chi connectivity index (χ3v) is 3.57. The van der Waals surface area contributed by atoms with Crippen LogP contribution < -0.4 is 0 Å². The number of imidazole rings is 1. The normalized spacial score (nSPS) is 12.8. The maximum Gasteiger partial charge on any atom is 0.151 e. The van der Waals surface area contributed by atoms with E-state index in [9.17, 15) is 4.39 Å². The average Bonchev–Trinajstić information content (AvgIpc) is 2.80. The summed E-state index contributed by atoms with van der Waals surface area (Å²) in [4.78, 5) is 4.39. The minimum Gasteiger partial charge on any atom is -0.295 e. The largest absolute Gasteiger partial charge is 0.295 e. The van der Waals surface area contributed by atoms with Crippen LogP contribution in [0.5, 0.6) is 0 Å². The van der Waals surface area contributed by atoms with E-state index in [1.807, 2.05) is 48.7 Å². The Bertz CT molecular complexity index is 777. The van der Waals surface area contributed by atoms with Crippen molar-refractivity contribution in [1.82, 2.24) is 9.55 Å². The molecule has 0 saturated carbocycles. The van der Waals surface area contributed by atoms with Crippen LogP contribution in [0.15, 0.2) is 42.5 Å². The van der Waals surface area contributed by atoms with Gasteiger partial charge in [0.05, 0.1) is 16.6 Å². The minimum atomic E-state index is -0.326. The smallest absolute Gasteiger partial charge is 0.151 e. The molecule has 0 aliphatic rings. The molecule has 2 aromatic carbocycles. The number of aryl methyl sites for hydroxylation is 1. The first-order valence-electron chi connectivity index (χ1n) is 6.46. The number of alkyl halides is 1. The van der Waals surface area contributed by atoms with E-state index in [0.29, 0.717) is 11.3 Å².